The number of thiophene rings is 1. The fourth-order valence-corrected chi connectivity index (χ4v) is 4.35. The number of hydrogen-bond donors (Lipinski definition) is 1. The monoisotopic (exact) mass is 362 g/mol. The van der Waals surface area contributed by atoms with Gasteiger partial charge in [-0.05, 0) is 31.2 Å². The normalized spacial score (nSPS) is 17.2. The molecule has 0 saturated carbocycles. The van der Waals surface area contributed by atoms with Gasteiger partial charge in [0, 0.05) is 23.3 Å². The molecule has 6 nitrogen and oxygen atoms in total. The third-order valence-electron chi connectivity index (χ3n) is 4.56. The zero-order chi connectivity index (χ0) is 17.2. The molecule has 0 radical (unpaired) electrons. The molecule has 1 amide bonds. The van der Waals surface area contributed by atoms with Crippen molar-refractivity contribution >= 4 is 29.0 Å². The van der Waals surface area contributed by atoms with Gasteiger partial charge in [0.2, 0.25) is 5.95 Å². The third-order valence-corrected chi connectivity index (χ3v) is 5.65. The number of halogens is 1. The predicted octanol–water partition coefficient (Wildman–Crippen LogP) is 2.64. The fraction of sp³-hybridized carbons (Fsp3) is 0.471. The summed E-state index contributed by atoms with van der Waals surface area (Å²) < 4.78 is 19.4. The number of morpholine rings is 1. The number of carbonyl (C=O) groups excluding carboxylic acids is 1. The zero-order valence-corrected chi connectivity index (χ0v) is 14.6. The van der Waals surface area contributed by atoms with Gasteiger partial charge in [0.1, 0.15) is 0 Å². The zero-order valence-electron chi connectivity index (χ0n) is 13.8. The molecule has 0 aromatic carbocycles. The van der Waals surface area contributed by atoms with Crippen LogP contribution >= 0.6 is 11.3 Å². The van der Waals surface area contributed by atoms with Gasteiger partial charge in [0.25, 0.3) is 5.91 Å². The predicted molar refractivity (Wildman–Crippen MR) is 93.9 cm³/mol. The molecule has 0 atom stereocenters. The molecule has 1 fully saturated rings. The van der Waals surface area contributed by atoms with Crippen LogP contribution in [0.25, 0.3) is 0 Å². The molecule has 2 aliphatic rings. The highest BCUT2D eigenvalue weighted by Gasteiger charge is 2.22. The van der Waals surface area contributed by atoms with Gasteiger partial charge in [0.05, 0.1) is 25.0 Å². The summed E-state index contributed by atoms with van der Waals surface area (Å²) in [5.74, 6) is -0.594. The number of nitrogens with one attached hydrogen (secondary N) is 1. The Kier molecular flexibility index (Phi) is 4.63. The number of hydrogen-bond acceptors (Lipinski definition) is 6. The number of aryl methyl sites for hydroxylation is 1. The molecule has 0 unspecified atom stereocenters. The van der Waals surface area contributed by atoms with Crippen LogP contribution in [0.15, 0.2) is 11.6 Å². The molecule has 25 heavy (non-hydrogen) atoms. The molecule has 1 aliphatic carbocycles. The van der Waals surface area contributed by atoms with Crippen molar-refractivity contribution in [3.63, 3.8) is 0 Å². The Morgan fingerprint density at radius 2 is 2.08 bits per heavy atom. The number of nitrogens with zero attached hydrogens (tertiary/aromatic N) is 3. The third kappa shape index (κ3) is 3.36. The maximum atomic E-state index is 14.1. The molecular formula is C17H19FN4O2S. The van der Waals surface area contributed by atoms with E-state index in [0.717, 1.165) is 37.4 Å². The lowest BCUT2D eigenvalue weighted by molar-refractivity contribution is 0.102. The number of fused-ring (bicyclic) bond motifs is 1. The van der Waals surface area contributed by atoms with Gasteiger partial charge in [-0.1, -0.05) is 0 Å². The molecule has 2 aromatic heterocycles. The molecule has 2 aromatic rings. The van der Waals surface area contributed by atoms with Gasteiger partial charge < -0.3 is 15.0 Å². The van der Waals surface area contributed by atoms with Gasteiger partial charge in [0.15, 0.2) is 11.6 Å². The summed E-state index contributed by atoms with van der Waals surface area (Å²) in [5.41, 5.74) is 1.75. The largest absolute Gasteiger partial charge is 0.378 e. The first-order valence-corrected chi connectivity index (χ1v) is 9.36. The second-order valence-corrected chi connectivity index (χ2v) is 7.14. The summed E-state index contributed by atoms with van der Waals surface area (Å²) in [6, 6.07) is 0. The standard InChI is InChI=1S/C17H19FN4O2S/c18-13-9-19-17(22-5-7-24-8-6-22)21-15(13)20-16(23)12-10-25-14-4-2-1-3-11(12)14/h9-10H,1-8H2,(H,19,20,21,23). The Balaban J connectivity index is 1.55. The number of carbonyl (C=O) groups is 1. The van der Waals surface area contributed by atoms with Crippen LogP contribution in [-0.4, -0.2) is 42.2 Å². The van der Waals surface area contributed by atoms with Crippen molar-refractivity contribution in [3.8, 4) is 0 Å². The number of aromatic nitrogens is 2. The molecule has 0 bridgehead atoms. The minimum Gasteiger partial charge on any atom is -0.378 e. The molecular weight excluding hydrogens is 343 g/mol. The summed E-state index contributed by atoms with van der Waals surface area (Å²) in [6.07, 6.45) is 5.30. The first-order valence-electron chi connectivity index (χ1n) is 8.48. The Hall–Kier alpha value is -2.06. The maximum Gasteiger partial charge on any atom is 0.258 e. The lowest BCUT2D eigenvalue weighted by Gasteiger charge is -2.26. The summed E-state index contributed by atoms with van der Waals surface area (Å²) in [5, 5.41) is 4.49. The second kappa shape index (κ2) is 7.05. The van der Waals surface area contributed by atoms with Crippen LogP contribution in [0.5, 0.6) is 0 Å². The molecule has 1 aliphatic heterocycles. The number of rotatable bonds is 3. The molecule has 1 N–H and O–H groups in total. The van der Waals surface area contributed by atoms with E-state index in [-0.39, 0.29) is 11.7 Å². The van der Waals surface area contributed by atoms with Gasteiger partial charge in [-0.3, -0.25) is 4.79 Å². The lowest BCUT2D eigenvalue weighted by Crippen LogP contribution is -2.37. The van der Waals surface area contributed by atoms with E-state index in [2.05, 4.69) is 15.3 Å². The van der Waals surface area contributed by atoms with E-state index in [4.69, 9.17) is 4.74 Å². The topological polar surface area (TPSA) is 67.4 Å². The first kappa shape index (κ1) is 16.4. The first-order chi connectivity index (χ1) is 12.2. The van der Waals surface area contributed by atoms with E-state index in [1.807, 2.05) is 10.3 Å². The average Bonchev–Trinajstić information content (AvgIpc) is 3.08. The Morgan fingerprint density at radius 1 is 1.28 bits per heavy atom. The quantitative estimate of drug-likeness (QED) is 0.909. The van der Waals surface area contributed by atoms with Crippen LogP contribution in [0.3, 0.4) is 0 Å². The van der Waals surface area contributed by atoms with E-state index in [9.17, 15) is 9.18 Å². The van der Waals surface area contributed by atoms with Crippen LogP contribution in [0, 0.1) is 5.82 Å². The Bertz CT molecular complexity index is 789. The van der Waals surface area contributed by atoms with Gasteiger partial charge in [-0.15, -0.1) is 11.3 Å². The van der Waals surface area contributed by atoms with Crippen molar-refractivity contribution < 1.29 is 13.9 Å². The van der Waals surface area contributed by atoms with Crippen molar-refractivity contribution in [1.82, 2.24) is 9.97 Å². The minimum atomic E-state index is -0.630. The van der Waals surface area contributed by atoms with Crippen LogP contribution in [0.4, 0.5) is 16.2 Å². The SMILES string of the molecule is O=C(Nc1nc(N2CCOCC2)ncc1F)c1csc2c1CCCC2. The van der Waals surface area contributed by atoms with Gasteiger partial charge in [-0.25, -0.2) is 9.37 Å². The van der Waals surface area contributed by atoms with E-state index in [0.29, 0.717) is 37.8 Å². The molecule has 0 spiro atoms. The number of ether oxygens (including phenoxy) is 1. The lowest BCUT2D eigenvalue weighted by atomic mass is 9.96. The van der Waals surface area contributed by atoms with Crippen molar-refractivity contribution in [2.75, 3.05) is 36.5 Å². The summed E-state index contributed by atoms with van der Waals surface area (Å²) in [6.45, 7) is 2.47. The Labute approximate surface area is 149 Å². The van der Waals surface area contributed by atoms with E-state index in [1.165, 1.54) is 4.88 Å². The smallest absolute Gasteiger partial charge is 0.258 e. The maximum absolute atomic E-state index is 14.1. The molecule has 1 saturated heterocycles. The van der Waals surface area contributed by atoms with Gasteiger partial charge >= 0.3 is 0 Å². The highest BCUT2D eigenvalue weighted by Crippen LogP contribution is 2.30. The number of amides is 1. The Morgan fingerprint density at radius 3 is 2.92 bits per heavy atom. The van der Waals surface area contributed by atoms with E-state index >= 15 is 0 Å². The molecule has 132 valence electrons. The molecule has 3 heterocycles. The highest BCUT2D eigenvalue weighted by molar-refractivity contribution is 7.10. The van der Waals surface area contributed by atoms with Crippen LogP contribution in [0.1, 0.15) is 33.6 Å². The van der Waals surface area contributed by atoms with Crippen LogP contribution < -0.4 is 10.2 Å². The second-order valence-electron chi connectivity index (χ2n) is 6.18. The summed E-state index contributed by atoms with van der Waals surface area (Å²) in [4.78, 5) is 24.1. The molecule has 8 heteroatoms. The van der Waals surface area contributed by atoms with Crippen molar-refractivity contribution in [2.45, 2.75) is 25.7 Å². The van der Waals surface area contributed by atoms with Crippen LogP contribution in [0.2, 0.25) is 0 Å². The average molecular weight is 362 g/mol. The summed E-state index contributed by atoms with van der Waals surface area (Å²) >= 11 is 1.61. The van der Waals surface area contributed by atoms with E-state index < -0.39 is 5.82 Å². The van der Waals surface area contributed by atoms with Crippen molar-refractivity contribution in [1.29, 1.82) is 0 Å². The summed E-state index contributed by atoms with van der Waals surface area (Å²) in [7, 11) is 0. The highest BCUT2D eigenvalue weighted by atomic mass is 32.1. The molecule has 4 rings (SSSR count). The van der Waals surface area contributed by atoms with Crippen LogP contribution in [-0.2, 0) is 17.6 Å². The van der Waals surface area contributed by atoms with Gasteiger partial charge in [-0.2, -0.15) is 4.98 Å². The van der Waals surface area contributed by atoms with E-state index in [1.54, 1.807) is 11.3 Å². The van der Waals surface area contributed by atoms with Crippen molar-refractivity contribution in [2.24, 2.45) is 0 Å². The number of anilines is 2. The van der Waals surface area contributed by atoms with Crippen molar-refractivity contribution in [3.05, 3.63) is 33.4 Å². The minimum absolute atomic E-state index is 0.0720. The fourth-order valence-electron chi connectivity index (χ4n) is 3.22.